The minimum Gasteiger partial charge on any atom is -0.482 e. The molecule has 2 aliphatic rings. The van der Waals surface area contributed by atoms with E-state index in [4.69, 9.17) is 9.15 Å². The molecule has 27 heavy (non-hydrogen) atoms. The van der Waals surface area contributed by atoms with Gasteiger partial charge >= 0.3 is 0 Å². The Labute approximate surface area is 157 Å². The molecule has 0 bridgehead atoms. The molecular weight excluding hydrogens is 346 g/mol. The van der Waals surface area contributed by atoms with Crippen molar-refractivity contribution >= 4 is 17.5 Å². The summed E-state index contributed by atoms with van der Waals surface area (Å²) in [6.07, 6.45) is 5.25. The van der Waals surface area contributed by atoms with Crippen molar-refractivity contribution in [2.75, 3.05) is 31.6 Å². The van der Waals surface area contributed by atoms with E-state index >= 15 is 0 Å². The molecule has 2 aliphatic heterocycles. The SMILES string of the molecule is O=C1COc2cc(C(=O)NC[C@H](c3ccco3)N3CCCCC3)ccc2N1. The van der Waals surface area contributed by atoms with Crippen LogP contribution >= 0.6 is 0 Å². The molecule has 0 unspecified atom stereocenters. The van der Waals surface area contributed by atoms with Crippen LogP contribution in [0, 0.1) is 0 Å². The summed E-state index contributed by atoms with van der Waals surface area (Å²) in [5.41, 5.74) is 1.09. The fourth-order valence-electron chi connectivity index (χ4n) is 3.63. The number of rotatable bonds is 5. The van der Waals surface area contributed by atoms with Gasteiger partial charge in [0.2, 0.25) is 0 Å². The third-order valence-corrected chi connectivity index (χ3v) is 5.04. The summed E-state index contributed by atoms with van der Waals surface area (Å²) in [6.45, 7) is 2.45. The molecule has 1 atom stereocenters. The zero-order valence-electron chi connectivity index (χ0n) is 15.1. The highest BCUT2D eigenvalue weighted by Crippen LogP contribution is 2.29. The van der Waals surface area contributed by atoms with Crippen LogP contribution in [0.1, 0.15) is 41.4 Å². The van der Waals surface area contributed by atoms with E-state index < -0.39 is 0 Å². The van der Waals surface area contributed by atoms with Gasteiger partial charge in [-0.3, -0.25) is 14.5 Å². The first-order valence-corrected chi connectivity index (χ1v) is 9.33. The predicted octanol–water partition coefficient (Wildman–Crippen LogP) is 2.57. The highest BCUT2D eigenvalue weighted by Gasteiger charge is 2.25. The lowest BCUT2D eigenvalue weighted by Crippen LogP contribution is -2.40. The van der Waals surface area contributed by atoms with E-state index in [1.807, 2.05) is 12.1 Å². The first-order valence-electron chi connectivity index (χ1n) is 9.33. The molecule has 0 radical (unpaired) electrons. The van der Waals surface area contributed by atoms with Crippen LogP contribution < -0.4 is 15.4 Å². The van der Waals surface area contributed by atoms with Crippen LogP contribution in [0.3, 0.4) is 0 Å². The molecule has 0 aliphatic carbocycles. The molecule has 4 rings (SSSR count). The lowest BCUT2D eigenvalue weighted by molar-refractivity contribution is -0.118. The van der Waals surface area contributed by atoms with Gasteiger partial charge in [0.15, 0.2) is 6.61 Å². The molecule has 7 nitrogen and oxygen atoms in total. The topological polar surface area (TPSA) is 83.8 Å². The van der Waals surface area contributed by atoms with Gasteiger partial charge in [0, 0.05) is 12.1 Å². The maximum Gasteiger partial charge on any atom is 0.262 e. The van der Waals surface area contributed by atoms with Gasteiger partial charge in [-0.15, -0.1) is 0 Å². The first-order chi connectivity index (χ1) is 13.2. The van der Waals surface area contributed by atoms with E-state index in [0.29, 0.717) is 23.5 Å². The standard InChI is InChI=1S/C20H23N3O4/c24-19-13-27-18-11-14(6-7-15(18)22-19)20(25)21-12-16(17-5-4-10-26-17)23-8-2-1-3-9-23/h4-7,10-11,16H,1-3,8-9,12-13H2,(H,21,25)(H,22,24)/t16-/m1/s1. The lowest BCUT2D eigenvalue weighted by Gasteiger charge is -2.33. The number of furan rings is 1. The average molecular weight is 369 g/mol. The van der Waals surface area contributed by atoms with Crippen molar-refractivity contribution in [2.45, 2.75) is 25.3 Å². The number of likely N-dealkylation sites (tertiary alicyclic amines) is 1. The van der Waals surface area contributed by atoms with Gasteiger partial charge in [0.25, 0.3) is 11.8 Å². The highest BCUT2D eigenvalue weighted by atomic mass is 16.5. The molecule has 1 aromatic carbocycles. The number of carbonyl (C=O) groups is 2. The van der Waals surface area contributed by atoms with E-state index in [0.717, 1.165) is 18.8 Å². The van der Waals surface area contributed by atoms with Crippen molar-refractivity contribution < 1.29 is 18.7 Å². The van der Waals surface area contributed by atoms with Crippen molar-refractivity contribution in [3.63, 3.8) is 0 Å². The summed E-state index contributed by atoms with van der Waals surface area (Å²) in [5.74, 6) is 1.02. The maximum absolute atomic E-state index is 12.6. The van der Waals surface area contributed by atoms with Crippen LogP contribution in [0.15, 0.2) is 41.0 Å². The van der Waals surface area contributed by atoms with Crippen LogP contribution in [0.5, 0.6) is 5.75 Å². The van der Waals surface area contributed by atoms with Gasteiger partial charge in [0.1, 0.15) is 11.5 Å². The number of piperidine rings is 1. The van der Waals surface area contributed by atoms with Crippen LogP contribution in [0.4, 0.5) is 5.69 Å². The monoisotopic (exact) mass is 369 g/mol. The fraction of sp³-hybridized carbons (Fsp3) is 0.400. The predicted molar refractivity (Wildman–Crippen MR) is 99.8 cm³/mol. The van der Waals surface area contributed by atoms with Crippen LogP contribution in [0.25, 0.3) is 0 Å². The third-order valence-electron chi connectivity index (χ3n) is 5.04. The molecule has 1 saturated heterocycles. The Bertz CT molecular complexity index is 813. The van der Waals surface area contributed by atoms with Gasteiger partial charge < -0.3 is 19.8 Å². The van der Waals surface area contributed by atoms with Crippen LogP contribution in [-0.4, -0.2) is 43.0 Å². The molecule has 1 aromatic heterocycles. The number of anilines is 1. The van der Waals surface area contributed by atoms with Crippen molar-refractivity contribution in [1.29, 1.82) is 0 Å². The fourth-order valence-corrected chi connectivity index (χ4v) is 3.63. The van der Waals surface area contributed by atoms with Crippen molar-refractivity contribution in [1.82, 2.24) is 10.2 Å². The highest BCUT2D eigenvalue weighted by molar-refractivity contribution is 5.99. The smallest absolute Gasteiger partial charge is 0.262 e. The van der Waals surface area contributed by atoms with E-state index in [1.54, 1.807) is 24.5 Å². The molecule has 0 spiro atoms. The van der Waals surface area contributed by atoms with Gasteiger partial charge in [-0.2, -0.15) is 0 Å². The zero-order chi connectivity index (χ0) is 18.6. The minimum absolute atomic E-state index is 0.0254. The van der Waals surface area contributed by atoms with Gasteiger partial charge in [-0.05, 0) is 56.3 Å². The minimum atomic E-state index is -0.192. The van der Waals surface area contributed by atoms with Gasteiger partial charge in [0.05, 0.1) is 18.0 Å². The Morgan fingerprint density at radius 3 is 2.85 bits per heavy atom. The first kappa shape index (κ1) is 17.6. The number of hydrogen-bond acceptors (Lipinski definition) is 5. The maximum atomic E-state index is 12.6. The Morgan fingerprint density at radius 1 is 1.22 bits per heavy atom. The average Bonchev–Trinajstić information content (AvgIpc) is 3.23. The molecule has 1 fully saturated rings. The van der Waals surface area contributed by atoms with Crippen LogP contribution in [-0.2, 0) is 4.79 Å². The number of nitrogens with one attached hydrogen (secondary N) is 2. The van der Waals surface area contributed by atoms with E-state index in [2.05, 4.69) is 15.5 Å². The molecular formula is C20H23N3O4. The number of carbonyl (C=O) groups excluding carboxylic acids is 2. The Hall–Kier alpha value is -2.80. The molecule has 0 saturated carbocycles. The normalized spacial score (nSPS) is 18.1. The van der Waals surface area contributed by atoms with Crippen molar-refractivity contribution in [2.24, 2.45) is 0 Å². The van der Waals surface area contributed by atoms with Crippen molar-refractivity contribution in [3.8, 4) is 5.75 Å². The number of fused-ring (bicyclic) bond motifs is 1. The van der Waals surface area contributed by atoms with Gasteiger partial charge in [-0.1, -0.05) is 6.42 Å². The molecule has 142 valence electrons. The van der Waals surface area contributed by atoms with Crippen molar-refractivity contribution in [3.05, 3.63) is 47.9 Å². The largest absolute Gasteiger partial charge is 0.482 e. The summed E-state index contributed by atoms with van der Waals surface area (Å²) >= 11 is 0. The number of ether oxygens (including phenoxy) is 1. The number of amides is 2. The Balaban J connectivity index is 1.44. The van der Waals surface area contributed by atoms with E-state index in [9.17, 15) is 9.59 Å². The molecule has 2 amide bonds. The zero-order valence-corrected chi connectivity index (χ0v) is 15.1. The Kier molecular flexibility index (Phi) is 5.11. The summed E-state index contributed by atoms with van der Waals surface area (Å²) in [7, 11) is 0. The summed E-state index contributed by atoms with van der Waals surface area (Å²) in [4.78, 5) is 26.4. The van der Waals surface area contributed by atoms with Crippen LogP contribution in [0.2, 0.25) is 0 Å². The van der Waals surface area contributed by atoms with E-state index in [-0.39, 0.29) is 24.5 Å². The van der Waals surface area contributed by atoms with E-state index in [1.165, 1.54) is 19.3 Å². The summed E-state index contributed by atoms with van der Waals surface area (Å²) < 4.78 is 11.0. The molecule has 2 N–H and O–H groups in total. The second kappa shape index (κ2) is 7.84. The molecule has 7 heteroatoms. The quantitative estimate of drug-likeness (QED) is 0.846. The number of nitrogens with zero attached hydrogens (tertiary/aromatic N) is 1. The summed E-state index contributed by atoms with van der Waals surface area (Å²) in [5, 5.41) is 5.74. The second-order valence-corrected chi connectivity index (χ2v) is 6.89. The lowest BCUT2D eigenvalue weighted by atomic mass is 10.1. The third kappa shape index (κ3) is 3.98. The summed E-state index contributed by atoms with van der Waals surface area (Å²) in [6, 6.07) is 8.90. The number of hydrogen-bond donors (Lipinski definition) is 2. The molecule has 2 aromatic rings. The second-order valence-electron chi connectivity index (χ2n) is 6.89. The Morgan fingerprint density at radius 2 is 2.07 bits per heavy atom. The number of benzene rings is 1. The molecule has 3 heterocycles. The van der Waals surface area contributed by atoms with Gasteiger partial charge in [-0.25, -0.2) is 0 Å².